The van der Waals surface area contributed by atoms with Crippen LogP contribution in [0.2, 0.25) is 0 Å². The highest BCUT2D eigenvalue weighted by Gasteiger charge is 2.38. The molecule has 1 aromatic carbocycles. The van der Waals surface area contributed by atoms with Gasteiger partial charge in [-0.3, -0.25) is 0 Å². The zero-order valence-corrected chi connectivity index (χ0v) is 13.4. The Bertz CT molecular complexity index is 641. The molecule has 3 rings (SSSR count). The zero-order chi connectivity index (χ0) is 17.3. The highest BCUT2D eigenvalue weighted by molar-refractivity contribution is 6.50. The summed E-state index contributed by atoms with van der Waals surface area (Å²) in [4.78, 5) is 0. The normalized spacial score (nSPS) is 17.4. The number of hydrogen-bond acceptors (Lipinski definition) is 1. The summed E-state index contributed by atoms with van der Waals surface area (Å²) in [6.07, 6.45) is 4.44. The largest absolute Gasteiger partial charge is 0.673 e. The fraction of sp³-hybridized carbons (Fsp3) is 0.467. The Morgan fingerprint density at radius 2 is 1.70 bits per heavy atom. The Morgan fingerprint density at radius 3 is 2.22 bits per heavy atom. The van der Waals surface area contributed by atoms with Gasteiger partial charge in [-0.25, -0.2) is 4.57 Å². The van der Waals surface area contributed by atoms with E-state index in [2.05, 4.69) is 43.8 Å². The molecule has 126 valence electrons. The molecule has 0 fully saturated rings. The van der Waals surface area contributed by atoms with Crippen LogP contribution in [0.3, 0.4) is 0 Å². The molecule has 0 bridgehead atoms. The maximum absolute atomic E-state index is 9.75. The molecule has 2 heterocycles. The quantitative estimate of drug-likeness (QED) is 0.440. The van der Waals surface area contributed by atoms with Gasteiger partial charge in [-0.2, -0.15) is 0 Å². The van der Waals surface area contributed by atoms with E-state index in [1.807, 2.05) is 22.9 Å². The van der Waals surface area contributed by atoms with Crippen LogP contribution in [0.1, 0.15) is 39.1 Å². The van der Waals surface area contributed by atoms with E-state index < -0.39 is 7.25 Å². The fourth-order valence-electron chi connectivity index (χ4n) is 2.79. The van der Waals surface area contributed by atoms with Gasteiger partial charge in [0.05, 0.1) is 6.04 Å². The third-order valence-electron chi connectivity index (χ3n) is 3.75. The third-order valence-corrected chi connectivity index (χ3v) is 3.75. The molecule has 0 unspecified atom stereocenters. The molecule has 1 aromatic heterocycles. The van der Waals surface area contributed by atoms with Gasteiger partial charge in [-0.15, -0.1) is 0 Å². The van der Waals surface area contributed by atoms with Crippen LogP contribution in [0.15, 0.2) is 36.7 Å². The predicted molar refractivity (Wildman–Crippen MR) is 80.8 cm³/mol. The number of nitrogens with zero attached hydrogens (tertiary/aromatic N) is 3. The van der Waals surface area contributed by atoms with Gasteiger partial charge in [-0.1, -0.05) is 43.7 Å². The number of hydrogen-bond donors (Lipinski definition) is 0. The molecular formula is C15H20BF4N3. The summed E-state index contributed by atoms with van der Waals surface area (Å²) in [6.45, 7) is 6.92. The molecule has 0 saturated heterocycles. The van der Waals surface area contributed by atoms with Gasteiger partial charge in [0.2, 0.25) is 6.33 Å². The van der Waals surface area contributed by atoms with E-state index in [4.69, 9.17) is 5.10 Å². The van der Waals surface area contributed by atoms with E-state index in [9.17, 15) is 17.3 Å². The van der Waals surface area contributed by atoms with Crippen LogP contribution in [0.5, 0.6) is 0 Å². The van der Waals surface area contributed by atoms with Crippen molar-refractivity contribution in [3.8, 4) is 5.69 Å². The van der Waals surface area contributed by atoms with Crippen molar-refractivity contribution in [1.82, 2.24) is 9.78 Å². The van der Waals surface area contributed by atoms with Crippen LogP contribution < -0.4 is 4.57 Å². The first kappa shape index (κ1) is 17.5. The molecule has 23 heavy (non-hydrogen) atoms. The third kappa shape index (κ3) is 4.81. The van der Waals surface area contributed by atoms with Crippen LogP contribution in [0.4, 0.5) is 17.3 Å². The van der Waals surface area contributed by atoms with Gasteiger partial charge >= 0.3 is 7.25 Å². The minimum atomic E-state index is -6.00. The van der Waals surface area contributed by atoms with Crippen LogP contribution in [0, 0.1) is 5.41 Å². The average molecular weight is 329 g/mol. The molecule has 2 aromatic rings. The van der Waals surface area contributed by atoms with E-state index in [0.717, 1.165) is 12.1 Å². The monoisotopic (exact) mass is 329 g/mol. The lowest BCUT2D eigenvalue weighted by Crippen LogP contribution is -2.43. The summed E-state index contributed by atoms with van der Waals surface area (Å²) in [5.41, 5.74) is 1.42. The lowest BCUT2D eigenvalue weighted by molar-refractivity contribution is -0.729. The van der Waals surface area contributed by atoms with Crippen molar-refractivity contribution in [1.29, 1.82) is 0 Å². The first-order valence-electron chi connectivity index (χ1n) is 7.48. The number of aryl methyl sites for hydroxylation is 1. The standard InChI is InChI=1S/C15H20N3.BF4/c1-15(2,3)13-9-10-14-16-18(11-17(13)14)12-7-5-4-6-8-12;2-1(3,4)5/h4-8,11,13H,9-10H2,1-3H3;/q+1;-1/t13-;/m0./s1. The molecule has 0 N–H and O–H groups in total. The number of rotatable bonds is 1. The molecule has 3 nitrogen and oxygen atoms in total. The number of halogens is 4. The maximum Gasteiger partial charge on any atom is 0.673 e. The van der Waals surface area contributed by atoms with E-state index >= 15 is 0 Å². The minimum absolute atomic E-state index is 0.292. The second-order valence-electron chi connectivity index (χ2n) is 6.63. The van der Waals surface area contributed by atoms with Crippen molar-refractivity contribution < 1.29 is 21.8 Å². The SMILES string of the molecule is CC(C)(C)[C@@H]1CCc2nn(-c3ccccc3)c[n+]21.F[B-](F)(F)F. The fourth-order valence-corrected chi connectivity index (χ4v) is 2.79. The van der Waals surface area contributed by atoms with Gasteiger partial charge < -0.3 is 17.3 Å². The number of aromatic nitrogens is 3. The molecule has 0 spiro atoms. The van der Waals surface area contributed by atoms with Crippen molar-refractivity contribution in [2.24, 2.45) is 5.41 Å². The average Bonchev–Trinajstić information content (AvgIpc) is 2.95. The maximum atomic E-state index is 9.75. The molecule has 1 aliphatic heterocycles. The first-order valence-corrected chi connectivity index (χ1v) is 7.48. The molecule has 0 radical (unpaired) electrons. The van der Waals surface area contributed by atoms with Crippen molar-refractivity contribution in [2.75, 3.05) is 0 Å². The van der Waals surface area contributed by atoms with Gasteiger partial charge in [0.15, 0.2) is 0 Å². The highest BCUT2D eigenvalue weighted by atomic mass is 19.5. The van der Waals surface area contributed by atoms with Gasteiger partial charge in [-0.05, 0) is 24.0 Å². The Hall–Kier alpha value is -1.86. The minimum Gasteiger partial charge on any atom is -0.418 e. The molecule has 8 heteroatoms. The van der Waals surface area contributed by atoms with Crippen LogP contribution in [-0.4, -0.2) is 17.0 Å². The zero-order valence-electron chi connectivity index (χ0n) is 13.4. The molecular weight excluding hydrogens is 309 g/mol. The van der Waals surface area contributed by atoms with E-state index in [-0.39, 0.29) is 0 Å². The van der Waals surface area contributed by atoms with Crippen molar-refractivity contribution in [2.45, 2.75) is 39.7 Å². The second-order valence-corrected chi connectivity index (χ2v) is 6.63. The van der Waals surface area contributed by atoms with Crippen molar-refractivity contribution in [3.63, 3.8) is 0 Å². The Balaban J connectivity index is 0.000000338. The first-order chi connectivity index (χ1) is 10.6. The Morgan fingerprint density at radius 1 is 1.13 bits per heavy atom. The molecule has 1 aliphatic rings. The predicted octanol–water partition coefficient (Wildman–Crippen LogP) is 3.99. The summed E-state index contributed by atoms with van der Waals surface area (Å²) in [6, 6.07) is 10.9. The molecule has 0 saturated carbocycles. The van der Waals surface area contributed by atoms with Crippen LogP contribution >= 0.6 is 0 Å². The summed E-state index contributed by atoms with van der Waals surface area (Å²) < 4.78 is 43.3. The lowest BCUT2D eigenvalue weighted by atomic mass is 9.85. The highest BCUT2D eigenvalue weighted by Crippen LogP contribution is 2.33. The van der Waals surface area contributed by atoms with E-state index in [0.29, 0.717) is 11.5 Å². The Kier molecular flexibility index (Phi) is 4.82. The van der Waals surface area contributed by atoms with Gasteiger partial charge in [0, 0.05) is 11.5 Å². The second kappa shape index (κ2) is 6.33. The van der Waals surface area contributed by atoms with Crippen molar-refractivity contribution in [3.05, 3.63) is 42.5 Å². The van der Waals surface area contributed by atoms with E-state index in [1.54, 1.807) is 0 Å². The molecule has 1 atom stereocenters. The molecule has 0 aliphatic carbocycles. The van der Waals surface area contributed by atoms with Crippen LogP contribution in [-0.2, 0) is 6.42 Å². The summed E-state index contributed by atoms with van der Waals surface area (Å²) >= 11 is 0. The summed E-state index contributed by atoms with van der Waals surface area (Å²) in [5.74, 6) is 1.21. The number of fused-ring (bicyclic) bond motifs is 1. The van der Waals surface area contributed by atoms with Crippen LogP contribution in [0.25, 0.3) is 5.69 Å². The summed E-state index contributed by atoms with van der Waals surface area (Å²) in [7, 11) is -6.00. The smallest absolute Gasteiger partial charge is 0.418 e. The number of para-hydroxylation sites is 1. The topological polar surface area (TPSA) is 21.7 Å². The summed E-state index contributed by atoms with van der Waals surface area (Å²) in [5, 5.41) is 4.70. The van der Waals surface area contributed by atoms with Gasteiger partial charge in [0.1, 0.15) is 5.69 Å². The van der Waals surface area contributed by atoms with Gasteiger partial charge in [0.25, 0.3) is 5.82 Å². The Labute approximate surface area is 133 Å². The molecule has 0 amide bonds. The number of benzene rings is 1. The van der Waals surface area contributed by atoms with E-state index in [1.165, 1.54) is 12.2 Å². The lowest BCUT2D eigenvalue weighted by Gasteiger charge is -2.24. The van der Waals surface area contributed by atoms with Crippen molar-refractivity contribution >= 4 is 7.25 Å².